The van der Waals surface area contributed by atoms with Crippen molar-refractivity contribution in [3.63, 3.8) is 0 Å². The van der Waals surface area contributed by atoms with E-state index >= 15 is 0 Å². The summed E-state index contributed by atoms with van der Waals surface area (Å²) in [5, 5.41) is 16.7. The number of aliphatic hydroxyl groups is 1. The molecule has 1 amide bonds. The van der Waals surface area contributed by atoms with E-state index < -0.39 is 24.2 Å². The van der Waals surface area contributed by atoms with Crippen molar-refractivity contribution in [3.05, 3.63) is 30.1 Å². The second-order valence-corrected chi connectivity index (χ2v) is 8.54. The fourth-order valence-corrected chi connectivity index (χ4v) is 4.52. The third-order valence-corrected chi connectivity index (χ3v) is 6.23. The molecule has 3 aliphatic rings. The molecule has 5 atom stereocenters. The van der Waals surface area contributed by atoms with Crippen LogP contribution >= 0.6 is 0 Å². The molecule has 3 N–H and O–H groups in total. The zero-order valence-corrected chi connectivity index (χ0v) is 16.8. The molecular weight excluding hydrogens is 396 g/mol. The van der Waals surface area contributed by atoms with Gasteiger partial charge in [-0.05, 0) is 24.5 Å². The van der Waals surface area contributed by atoms with E-state index in [1.54, 1.807) is 12.4 Å². The highest BCUT2D eigenvalue weighted by Gasteiger charge is 2.50. The van der Waals surface area contributed by atoms with Crippen LogP contribution in [-0.2, 0) is 20.8 Å². The second-order valence-electron chi connectivity index (χ2n) is 8.54. The molecule has 1 aromatic heterocycles. The van der Waals surface area contributed by atoms with Gasteiger partial charge in [-0.25, -0.2) is 8.78 Å². The second kappa shape index (κ2) is 9.21. The van der Waals surface area contributed by atoms with Gasteiger partial charge in [-0.3, -0.25) is 9.78 Å². The van der Waals surface area contributed by atoms with E-state index in [2.05, 4.69) is 15.6 Å². The Kier molecular flexibility index (Phi) is 6.62. The standard InChI is InChI=1S/C21H29F2N3O4/c22-21(23)5-3-14(4-6-21)25-12-17-19(28)20-16(30-17)8-15(29-20)9-18(27)26-11-13-2-1-7-24-10-13/h1-2,7,10,14-17,19-20,25,28H,3-6,8-9,11-12H2,(H,26,27). The normalized spacial score (nSPS) is 33.4. The molecule has 166 valence electrons. The third-order valence-electron chi connectivity index (χ3n) is 6.23. The summed E-state index contributed by atoms with van der Waals surface area (Å²) < 4.78 is 38.4. The molecule has 0 bridgehead atoms. The van der Waals surface area contributed by atoms with Crippen LogP contribution in [0.3, 0.4) is 0 Å². The molecule has 0 spiro atoms. The van der Waals surface area contributed by atoms with E-state index in [1.807, 2.05) is 12.1 Å². The van der Waals surface area contributed by atoms with Gasteiger partial charge in [-0.15, -0.1) is 0 Å². The molecule has 1 aromatic rings. The maximum atomic E-state index is 13.3. The number of alkyl halides is 2. The number of rotatable bonds is 7. The van der Waals surface area contributed by atoms with Crippen LogP contribution in [0.5, 0.6) is 0 Å². The number of nitrogens with one attached hydrogen (secondary N) is 2. The van der Waals surface area contributed by atoms with Gasteiger partial charge in [0.2, 0.25) is 11.8 Å². The molecule has 1 aliphatic carbocycles. The number of aliphatic hydroxyl groups excluding tert-OH is 1. The Morgan fingerprint density at radius 3 is 2.80 bits per heavy atom. The summed E-state index contributed by atoms with van der Waals surface area (Å²) >= 11 is 0. The minimum atomic E-state index is -2.55. The fourth-order valence-electron chi connectivity index (χ4n) is 4.52. The van der Waals surface area contributed by atoms with Gasteiger partial charge in [0.1, 0.15) is 12.2 Å². The van der Waals surface area contributed by atoms with E-state index in [0.717, 1.165) is 5.56 Å². The maximum absolute atomic E-state index is 13.3. The fraction of sp³-hybridized carbons (Fsp3) is 0.714. The summed E-state index contributed by atoms with van der Waals surface area (Å²) in [5.74, 6) is -2.67. The largest absolute Gasteiger partial charge is 0.388 e. The number of carbonyl (C=O) groups is 1. The number of carbonyl (C=O) groups excluding carboxylic acids is 1. The number of halogens is 2. The van der Waals surface area contributed by atoms with Crippen molar-refractivity contribution >= 4 is 5.91 Å². The Labute approximate surface area is 174 Å². The van der Waals surface area contributed by atoms with Crippen LogP contribution in [0.4, 0.5) is 8.78 Å². The number of pyridine rings is 1. The van der Waals surface area contributed by atoms with Crippen LogP contribution in [0, 0.1) is 0 Å². The van der Waals surface area contributed by atoms with Crippen molar-refractivity contribution in [2.75, 3.05) is 6.54 Å². The number of hydrogen-bond donors (Lipinski definition) is 3. The number of hydrogen-bond acceptors (Lipinski definition) is 6. The van der Waals surface area contributed by atoms with Gasteiger partial charge in [0.05, 0.1) is 24.7 Å². The van der Waals surface area contributed by atoms with Crippen molar-refractivity contribution in [2.24, 2.45) is 0 Å². The topological polar surface area (TPSA) is 92.7 Å². The highest BCUT2D eigenvalue weighted by Crippen LogP contribution is 2.36. The Hall–Kier alpha value is -1.68. The lowest BCUT2D eigenvalue weighted by Crippen LogP contribution is -2.44. The molecule has 2 aliphatic heterocycles. The molecule has 7 nitrogen and oxygen atoms in total. The number of amides is 1. The number of aromatic nitrogens is 1. The van der Waals surface area contributed by atoms with E-state index in [-0.39, 0.29) is 43.4 Å². The first-order chi connectivity index (χ1) is 14.4. The minimum absolute atomic E-state index is 0.0260. The molecule has 2 saturated heterocycles. The monoisotopic (exact) mass is 425 g/mol. The summed E-state index contributed by atoms with van der Waals surface area (Å²) in [6.45, 7) is 0.816. The van der Waals surface area contributed by atoms with Gasteiger partial charge >= 0.3 is 0 Å². The van der Waals surface area contributed by atoms with Crippen molar-refractivity contribution < 1.29 is 28.2 Å². The average Bonchev–Trinajstić information content (AvgIpc) is 3.25. The van der Waals surface area contributed by atoms with Crippen LogP contribution in [0.1, 0.15) is 44.1 Å². The first-order valence-corrected chi connectivity index (χ1v) is 10.7. The highest BCUT2D eigenvalue weighted by atomic mass is 19.3. The van der Waals surface area contributed by atoms with E-state index in [9.17, 15) is 18.7 Å². The molecule has 3 fully saturated rings. The van der Waals surface area contributed by atoms with Crippen molar-refractivity contribution in [2.45, 2.75) is 87.6 Å². The van der Waals surface area contributed by atoms with Crippen LogP contribution < -0.4 is 10.6 Å². The Morgan fingerprint density at radius 1 is 1.30 bits per heavy atom. The SMILES string of the molecule is O=C(CC1CC2OC(CNC3CCC(F)(F)CC3)C(O)C2O1)NCc1cccnc1. The highest BCUT2D eigenvalue weighted by molar-refractivity contribution is 5.76. The van der Waals surface area contributed by atoms with Crippen molar-refractivity contribution in [3.8, 4) is 0 Å². The first kappa shape index (κ1) is 21.5. The van der Waals surface area contributed by atoms with Crippen LogP contribution in [0.25, 0.3) is 0 Å². The lowest BCUT2D eigenvalue weighted by Gasteiger charge is -2.30. The van der Waals surface area contributed by atoms with Crippen LogP contribution in [0.15, 0.2) is 24.5 Å². The number of fused-ring (bicyclic) bond motifs is 1. The van der Waals surface area contributed by atoms with E-state index in [4.69, 9.17) is 9.47 Å². The number of nitrogens with zero attached hydrogens (tertiary/aromatic N) is 1. The average molecular weight is 425 g/mol. The van der Waals surface area contributed by atoms with Gasteiger partial charge in [0.15, 0.2) is 0 Å². The Bertz CT molecular complexity index is 713. The summed E-state index contributed by atoms with van der Waals surface area (Å²) in [5.41, 5.74) is 0.922. The predicted molar refractivity (Wildman–Crippen MR) is 104 cm³/mol. The molecule has 3 heterocycles. The van der Waals surface area contributed by atoms with Gasteiger partial charge in [0.25, 0.3) is 0 Å². The lowest BCUT2D eigenvalue weighted by molar-refractivity contribution is -0.124. The summed E-state index contributed by atoms with van der Waals surface area (Å²) in [6, 6.07) is 3.73. The molecule has 4 rings (SSSR count). The van der Waals surface area contributed by atoms with Crippen molar-refractivity contribution in [1.82, 2.24) is 15.6 Å². The van der Waals surface area contributed by atoms with Crippen LogP contribution in [0.2, 0.25) is 0 Å². The molecule has 9 heteroatoms. The van der Waals surface area contributed by atoms with Gasteiger partial charge < -0.3 is 25.2 Å². The summed E-state index contributed by atoms with van der Waals surface area (Å²) in [4.78, 5) is 16.2. The first-order valence-electron chi connectivity index (χ1n) is 10.7. The third kappa shape index (κ3) is 5.32. The maximum Gasteiger partial charge on any atom is 0.248 e. The quantitative estimate of drug-likeness (QED) is 0.614. The molecule has 0 aromatic carbocycles. The molecular formula is C21H29F2N3O4. The van der Waals surface area contributed by atoms with Crippen LogP contribution in [-0.4, -0.2) is 65.0 Å². The Morgan fingerprint density at radius 2 is 2.10 bits per heavy atom. The van der Waals surface area contributed by atoms with E-state index in [1.165, 1.54) is 0 Å². The molecule has 0 radical (unpaired) electrons. The lowest BCUT2D eigenvalue weighted by atomic mass is 9.92. The molecule has 1 saturated carbocycles. The summed E-state index contributed by atoms with van der Waals surface area (Å²) in [6.07, 6.45) is 2.57. The number of ether oxygens (including phenoxy) is 2. The van der Waals surface area contributed by atoms with Gasteiger partial charge in [-0.1, -0.05) is 6.07 Å². The van der Waals surface area contributed by atoms with E-state index in [0.29, 0.717) is 32.4 Å². The van der Waals surface area contributed by atoms with Gasteiger partial charge in [0, 0.05) is 50.8 Å². The zero-order valence-electron chi connectivity index (χ0n) is 16.8. The minimum Gasteiger partial charge on any atom is -0.388 e. The Balaban J connectivity index is 1.17. The van der Waals surface area contributed by atoms with Gasteiger partial charge in [-0.2, -0.15) is 0 Å². The summed E-state index contributed by atoms with van der Waals surface area (Å²) in [7, 11) is 0. The molecule has 30 heavy (non-hydrogen) atoms. The predicted octanol–water partition coefficient (Wildman–Crippen LogP) is 1.54. The zero-order chi connectivity index (χ0) is 21.1. The van der Waals surface area contributed by atoms with Crippen molar-refractivity contribution in [1.29, 1.82) is 0 Å². The molecule has 5 unspecified atom stereocenters. The smallest absolute Gasteiger partial charge is 0.248 e.